The number of ketones is 1. The molecule has 1 N–H and O–H groups in total. The quantitative estimate of drug-likeness (QED) is 0.518. The molecule has 0 unspecified atom stereocenters. The van der Waals surface area contributed by atoms with Crippen molar-refractivity contribution in [2.75, 3.05) is 0 Å². The number of phenols is 1. The number of carbonyl (C=O) groups is 1. The zero-order chi connectivity index (χ0) is 17.5. The normalized spacial score (nSPS) is 10.7. The fourth-order valence-electron chi connectivity index (χ4n) is 2.36. The standard InChI is InChI=1S/C22H18O3/c23-21(18-9-5-2-6-10-18)13-11-19-15-20(12-14-22(19)24)25-16-17-7-3-1-4-8-17/h1-15,24H,16H2. The number of carbonyl (C=O) groups excluding carboxylic acids is 1. The minimum atomic E-state index is -0.115. The van der Waals surface area contributed by atoms with E-state index in [9.17, 15) is 9.90 Å². The molecule has 0 aromatic heterocycles. The van der Waals surface area contributed by atoms with E-state index in [0.29, 0.717) is 23.5 Å². The predicted molar refractivity (Wildman–Crippen MR) is 98.7 cm³/mol. The van der Waals surface area contributed by atoms with Crippen molar-refractivity contribution in [3.8, 4) is 11.5 Å². The molecule has 25 heavy (non-hydrogen) atoms. The molecule has 0 amide bonds. The Labute approximate surface area is 146 Å². The number of aromatic hydroxyl groups is 1. The van der Waals surface area contributed by atoms with Gasteiger partial charge < -0.3 is 9.84 Å². The summed E-state index contributed by atoms with van der Waals surface area (Å²) in [6.07, 6.45) is 3.05. The van der Waals surface area contributed by atoms with Crippen molar-refractivity contribution >= 4 is 11.9 Å². The van der Waals surface area contributed by atoms with Crippen molar-refractivity contribution in [1.82, 2.24) is 0 Å². The fourth-order valence-corrected chi connectivity index (χ4v) is 2.36. The monoisotopic (exact) mass is 330 g/mol. The lowest BCUT2D eigenvalue weighted by molar-refractivity contribution is 0.104. The van der Waals surface area contributed by atoms with Gasteiger partial charge in [0.1, 0.15) is 18.1 Å². The van der Waals surface area contributed by atoms with Crippen molar-refractivity contribution < 1.29 is 14.6 Å². The molecular formula is C22H18O3. The summed E-state index contributed by atoms with van der Waals surface area (Å²) in [6.45, 7) is 0.442. The first kappa shape index (κ1) is 16.5. The maximum Gasteiger partial charge on any atom is 0.185 e. The SMILES string of the molecule is O=C(C=Cc1cc(OCc2ccccc2)ccc1O)c1ccccc1. The highest BCUT2D eigenvalue weighted by atomic mass is 16.5. The number of ether oxygens (including phenoxy) is 1. The van der Waals surface area contributed by atoms with E-state index in [2.05, 4.69) is 0 Å². The maximum absolute atomic E-state index is 12.1. The summed E-state index contributed by atoms with van der Waals surface area (Å²) in [7, 11) is 0. The van der Waals surface area contributed by atoms with Crippen LogP contribution in [0.1, 0.15) is 21.5 Å². The lowest BCUT2D eigenvalue weighted by Crippen LogP contribution is -1.95. The third-order valence-corrected chi connectivity index (χ3v) is 3.72. The number of hydrogen-bond donors (Lipinski definition) is 1. The van der Waals surface area contributed by atoms with Crippen molar-refractivity contribution in [2.24, 2.45) is 0 Å². The van der Waals surface area contributed by atoms with Crippen LogP contribution < -0.4 is 4.74 Å². The van der Waals surface area contributed by atoms with Crippen LogP contribution in [0.4, 0.5) is 0 Å². The number of hydrogen-bond acceptors (Lipinski definition) is 3. The molecule has 0 aliphatic carbocycles. The molecule has 124 valence electrons. The highest BCUT2D eigenvalue weighted by Gasteiger charge is 2.04. The Morgan fingerprint density at radius 1 is 0.920 bits per heavy atom. The van der Waals surface area contributed by atoms with Crippen LogP contribution >= 0.6 is 0 Å². The largest absolute Gasteiger partial charge is 0.507 e. The van der Waals surface area contributed by atoms with E-state index in [1.54, 1.807) is 36.4 Å². The second-order valence-electron chi connectivity index (χ2n) is 5.56. The second kappa shape index (κ2) is 7.97. The van der Waals surface area contributed by atoms with E-state index in [0.717, 1.165) is 5.56 Å². The summed E-state index contributed by atoms with van der Waals surface area (Å²) in [5.74, 6) is 0.619. The van der Waals surface area contributed by atoms with Gasteiger partial charge in [0, 0.05) is 11.1 Å². The fraction of sp³-hybridized carbons (Fsp3) is 0.0455. The Morgan fingerprint density at radius 3 is 2.32 bits per heavy atom. The molecule has 3 heteroatoms. The minimum Gasteiger partial charge on any atom is -0.507 e. The summed E-state index contributed by atoms with van der Waals surface area (Å²) >= 11 is 0. The first-order valence-corrected chi connectivity index (χ1v) is 7.99. The molecule has 0 bridgehead atoms. The van der Waals surface area contributed by atoms with Gasteiger partial charge in [-0.05, 0) is 35.9 Å². The van der Waals surface area contributed by atoms with Crippen LogP contribution in [0.2, 0.25) is 0 Å². The Balaban J connectivity index is 1.71. The number of phenolic OH excluding ortho intramolecular Hbond substituents is 1. The average molecular weight is 330 g/mol. The first-order chi connectivity index (χ1) is 12.2. The van der Waals surface area contributed by atoms with E-state index < -0.39 is 0 Å². The number of rotatable bonds is 6. The van der Waals surface area contributed by atoms with Crippen molar-refractivity contribution in [3.63, 3.8) is 0 Å². The molecule has 3 aromatic carbocycles. The van der Waals surface area contributed by atoms with Crippen LogP contribution in [-0.4, -0.2) is 10.9 Å². The van der Waals surface area contributed by atoms with Gasteiger partial charge in [-0.3, -0.25) is 4.79 Å². The summed E-state index contributed by atoms with van der Waals surface area (Å²) in [6, 6.07) is 23.8. The van der Waals surface area contributed by atoms with Gasteiger partial charge in [-0.2, -0.15) is 0 Å². The van der Waals surface area contributed by atoms with E-state index in [4.69, 9.17) is 4.74 Å². The van der Waals surface area contributed by atoms with E-state index in [1.807, 2.05) is 48.5 Å². The molecule has 3 aromatic rings. The van der Waals surface area contributed by atoms with Crippen LogP contribution in [-0.2, 0) is 6.61 Å². The summed E-state index contributed by atoms with van der Waals surface area (Å²) < 4.78 is 5.75. The van der Waals surface area contributed by atoms with Crippen LogP contribution in [0.5, 0.6) is 11.5 Å². The van der Waals surface area contributed by atoms with Gasteiger partial charge in [0.25, 0.3) is 0 Å². The van der Waals surface area contributed by atoms with Crippen LogP contribution in [0.25, 0.3) is 6.08 Å². The zero-order valence-corrected chi connectivity index (χ0v) is 13.6. The molecule has 0 fully saturated rings. The smallest absolute Gasteiger partial charge is 0.185 e. The topological polar surface area (TPSA) is 46.5 Å². The van der Waals surface area contributed by atoms with Crippen LogP contribution in [0.15, 0.2) is 84.9 Å². The van der Waals surface area contributed by atoms with Crippen molar-refractivity contribution in [3.05, 3.63) is 102 Å². The van der Waals surface area contributed by atoms with Crippen molar-refractivity contribution in [1.29, 1.82) is 0 Å². The third-order valence-electron chi connectivity index (χ3n) is 3.72. The molecule has 0 aliphatic heterocycles. The molecule has 0 heterocycles. The highest BCUT2D eigenvalue weighted by molar-refractivity contribution is 6.06. The molecule has 3 nitrogen and oxygen atoms in total. The second-order valence-corrected chi connectivity index (χ2v) is 5.56. The third kappa shape index (κ3) is 4.58. The summed E-state index contributed by atoms with van der Waals surface area (Å²) in [5, 5.41) is 9.99. The number of allylic oxidation sites excluding steroid dienone is 1. The van der Waals surface area contributed by atoms with Crippen LogP contribution in [0, 0.1) is 0 Å². The molecule has 3 rings (SSSR count). The lowest BCUT2D eigenvalue weighted by Gasteiger charge is -2.08. The Hall–Kier alpha value is -3.33. The van der Waals surface area contributed by atoms with Gasteiger partial charge in [0.05, 0.1) is 0 Å². The van der Waals surface area contributed by atoms with Gasteiger partial charge in [0.15, 0.2) is 5.78 Å². The average Bonchev–Trinajstić information content (AvgIpc) is 2.67. The van der Waals surface area contributed by atoms with E-state index in [1.165, 1.54) is 6.08 Å². The van der Waals surface area contributed by atoms with Gasteiger partial charge in [-0.1, -0.05) is 60.7 Å². The lowest BCUT2D eigenvalue weighted by atomic mass is 10.1. The Morgan fingerprint density at radius 2 is 1.60 bits per heavy atom. The predicted octanol–water partition coefficient (Wildman–Crippen LogP) is 4.87. The molecule has 0 saturated heterocycles. The molecule has 0 aliphatic rings. The highest BCUT2D eigenvalue weighted by Crippen LogP contribution is 2.25. The van der Waals surface area contributed by atoms with Crippen molar-refractivity contribution in [2.45, 2.75) is 6.61 Å². The Kier molecular flexibility index (Phi) is 5.27. The zero-order valence-electron chi connectivity index (χ0n) is 13.6. The number of benzene rings is 3. The van der Waals surface area contributed by atoms with Gasteiger partial charge in [-0.25, -0.2) is 0 Å². The van der Waals surface area contributed by atoms with Gasteiger partial charge in [0.2, 0.25) is 0 Å². The Bertz CT molecular complexity index is 868. The van der Waals surface area contributed by atoms with Gasteiger partial charge >= 0.3 is 0 Å². The summed E-state index contributed by atoms with van der Waals surface area (Å²) in [5.41, 5.74) is 2.21. The molecule has 0 saturated carbocycles. The van der Waals surface area contributed by atoms with E-state index >= 15 is 0 Å². The molecule has 0 spiro atoms. The molecular weight excluding hydrogens is 312 g/mol. The van der Waals surface area contributed by atoms with Crippen LogP contribution in [0.3, 0.4) is 0 Å². The first-order valence-electron chi connectivity index (χ1n) is 7.99. The summed E-state index contributed by atoms with van der Waals surface area (Å²) in [4.78, 5) is 12.1. The maximum atomic E-state index is 12.1. The molecule has 0 radical (unpaired) electrons. The van der Waals surface area contributed by atoms with E-state index in [-0.39, 0.29) is 11.5 Å². The van der Waals surface area contributed by atoms with Gasteiger partial charge in [-0.15, -0.1) is 0 Å². The molecule has 0 atom stereocenters. The minimum absolute atomic E-state index is 0.101.